The molecule has 1 aromatic rings. The first kappa shape index (κ1) is 13.5. The van der Waals surface area contributed by atoms with Crippen molar-refractivity contribution >= 4 is 34.0 Å². The molecule has 1 atom stereocenters. The van der Waals surface area contributed by atoms with Gasteiger partial charge in [-0.15, -0.1) is 0 Å². The highest BCUT2D eigenvalue weighted by Crippen LogP contribution is 2.40. The molecule has 0 aromatic heterocycles. The Kier molecular flexibility index (Phi) is 3.87. The normalized spacial score (nSPS) is 24.3. The van der Waals surface area contributed by atoms with E-state index in [9.17, 15) is 4.39 Å². The smallest absolute Gasteiger partial charge is 0.138 e. The minimum absolute atomic E-state index is 0.151. The summed E-state index contributed by atoms with van der Waals surface area (Å²) < 4.78 is 14.4. The quantitative estimate of drug-likeness (QED) is 0.622. The van der Waals surface area contributed by atoms with Crippen molar-refractivity contribution in [3.63, 3.8) is 0 Å². The van der Waals surface area contributed by atoms with Gasteiger partial charge in [0.15, 0.2) is 0 Å². The summed E-state index contributed by atoms with van der Waals surface area (Å²) in [5.41, 5.74) is 7.75. The van der Waals surface area contributed by atoms with Crippen LogP contribution in [0.5, 0.6) is 0 Å². The predicted molar refractivity (Wildman–Crippen MR) is 85.9 cm³/mol. The number of hydrogen-bond donors (Lipinski definition) is 1. The minimum Gasteiger partial charge on any atom is -0.397 e. The maximum atomic E-state index is 13.8. The monoisotopic (exact) mass is 374 g/mol. The van der Waals surface area contributed by atoms with Crippen LogP contribution in [0.2, 0.25) is 0 Å². The average Bonchev–Trinajstić information content (AvgIpc) is 3.03. The fourth-order valence-corrected chi connectivity index (χ4v) is 4.22. The second-order valence-corrected chi connectivity index (χ2v) is 6.93. The topological polar surface area (TPSA) is 29.3 Å². The maximum Gasteiger partial charge on any atom is 0.138 e. The molecule has 0 radical (unpaired) electrons. The van der Waals surface area contributed by atoms with E-state index in [1.54, 1.807) is 12.1 Å². The Balaban J connectivity index is 1.89. The van der Waals surface area contributed by atoms with Crippen molar-refractivity contribution in [2.45, 2.75) is 44.6 Å². The molecule has 2 fully saturated rings. The zero-order valence-corrected chi connectivity index (χ0v) is 13.2. The van der Waals surface area contributed by atoms with Crippen LogP contribution in [-0.4, -0.2) is 12.6 Å². The molecule has 1 aromatic carbocycles. The molecule has 0 spiro atoms. The first-order valence-electron chi connectivity index (χ1n) is 7.18. The third-order valence-corrected chi connectivity index (χ3v) is 5.45. The van der Waals surface area contributed by atoms with Crippen LogP contribution >= 0.6 is 22.6 Å². The second-order valence-electron chi connectivity index (χ2n) is 5.77. The van der Waals surface area contributed by atoms with Gasteiger partial charge >= 0.3 is 0 Å². The minimum atomic E-state index is -0.151. The van der Waals surface area contributed by atoms with E-state index in [1.165, 1.54) is 38.5 Å². The molecular weight excluding hydrogens is 354 g/mol. The van der Waals surface area contributed by atoms with Crippen molar-refractivity contribution in [1.82, 2.24) is 0 Å². The van der Waals surface area contributed by atoms with E-state index < -0.39 is 0 Å². The Labute approximate surface area is 127 Å². The van der Waals surface area contributed by atoms with Gasteiger partial charge < -0.3 is 10.6 Å². The number of hydrogen-bond acceptors (Lipinski definition) is 2. The van der Waals surface area contributed by atoms with Gasteiger partial charge in [-0.1, -0.05) is 12.8 Å². The molecule has 1 saturated heterocycles. The van der Waals surface area contributed by atoms with Crippen LogP contribution in [0.25, 0.3) is 0 Å². The van der Waals surface area contributed by atoms with Crippen LogP contribution in [0.4, 0.5) is 15.8 Å². The number of anilines is 2. The number of nitrogens with two attached hydrogens (primary N) is 1. The van der Waals surface area contributed by atoms with Gasteiger partial charge in [-0.25, -0.2) is 4.39 Å². The third kappa shape index (κ3) is 2.56. The Morgan fingerprint density at radius 1 is 1.16 bits per heavy atom. The SMILES string of the molecule is Nc1cc(I)c(F)cc1N1CCCC1C1CCCC1. The molecule has 4 heteroatoms. The number of benzene rings is 1. The van der Waals surface area contributed by atoms with Gasteiger partial charge in [0, 0.05) is 18.7 Å². The third-order valence-electron chi connectivity index (χ3n) is 4.62. The number of rotatable bonds is 2. The summed E-state index contributed by atoms with van der Waals surface area (Å²) >= 11 is 2.00. The van der Waals surface area contributed by atoms with Gasteiger partial charge in [-0.05, 0) is 60.3 Å². The van der Waals surface area contributed by atoms with Crippen molar-refractivity contribution in [3.05, 3.63) is 21.5 Å². The lowest BCUT2D eigenvalue weighted by Crippen LogP contribution is -2.35. The molecule has 2 aliphatic rings. The highest BCUT2D eigenvalue weighted by Gasteiger charge is 2.34. The van der Waals surface area contributed by atoms with E-state index in [1.807, 2.05) is 22.6 Å². The summed E-state index contributed by atoms with van der Waals surface area (Å²) in [4.78, 5) is 2.37. The van der Waals surface area contributed by atoms with Gasteiger partial charge in [-0.2, -0.15) is 0 Å². The first-order valence-corrected chi connectivity index (χ1v) is 8.26. The lowest BCUT2D eigenvalue weighted by atomic mass is 9.95. The molecule has 19 heavy (non-hydrogen) atoms. The van der Waals surface area contributed by atoms with Gasteiger partial charge in [0.1, 0.15) is 5.82 Å². The highest BCUT2D eigenvalue weighted by atomic mass is 127. The number of halogens is 2. The van der Waals surface area contributed by atoms with Crippen LogP contribution in [0, 0.1) is 15.3 Å². The zero-order valence-electron chi connectivity index (χ0n) is 11.0. The fraction of sp³-hybridized carbons (Fsp3) is 0.600. The van der Waals surface area contributed by atoms with Crippen LogP contribution in [-0.2, 0) is 0 Å². The summed E-state index contributed by atoms with van der Waals surface area (Å²) in [6.07, 6.45) is 7.80. The standard InChI is InChI=1S/C15H20FIN2/c16-11-8-15(13(18)9-12(11)17)19-7-3-6-14(19)10-4-1-2-5-10/h8-10,14H,1-7,18H2. The van der Waals surface area contributed by atoms with Crippen LogP contribution < -0.4 is 10.6 Å². The molecule has 1 aliphatic carbocycles. The highest BCUT2D eigenvalue weighted by molar-refractivity contribution is 14.1. The lowest BCUT2D eigenvalue weighted by molar-refractivity contribution is 0.430. The van der Waals surface area contributed by atoms with Gasteiger partial charge in [0.25, 0.3) is 0 Å². The van der Waals surface area contributed by atoms with E-state index in [0.29, 0.717) is 9.61 Å². The van der Waals surface area contributed by atoms with E-state index in [0.717, 1.165) is 23.8 Å². The second kappa shape index (κ2) is 5.46. The molecule has 104 valence electrons. The summed E-state index contributed by atoms with van der Waals surface area (Å²) in [6, 6.07) is 3.96. The molecule has 0 amide bonds. The van der Waals surface area contributed by atoms with Gasteiger partial charge in [0.2, 0.25) is 0 Å². The van der Waals surface area contributed by atoms with Gasteiger partial charge in [0.05, 0.1) is 14.9 Å². The lowest BCUT2D eigenvalue weighted by Gasteiger charge is -2.32. The van der Waals surface area contributed by atoms with Crippen LogP contribution in [0.3, 0.4) is 0 Å². The molecule has 3 rings (SSSR count). The molecule has 0 bridgehead atoms. The molecule has 2 N–H and O–H groups in total. The van der Waals surface area contributed by atoms with Crippen molar-refractivity contribution in [1.29, 1.82) is 0 Å². The van der Waals surface area contributed by atoms with Crippen LogP contribution in [0.1, 0.15) is 38.5 Å². The summed E-state index contributed by atoms with van der Waals surface area (Å²) in [6.45, 7) is 1.02. The summed E-state index contributed by atoms with van der Waals surface area (Å²) in [7, 11) is 0. The van der Waals surface area contributed by atoms with E-state index in [4.69, 9.17) is 5.73 Å². The van der Waals surface area contributed by atoms with E-state index in [-0.39, 0.29) is 5.82 Å². The molecule has 1 saturated carbocycles. The summed E-state index contributed by atoms with van der Waals surface area (Å²) in [5, 5.41) is 0. The van der Waals surface area contributed by atoms with Crippen molar-refractivity contribution < 1.29 is 4.39 Å². The largest absolute Gasteiger partial charge is 0.397 e. The Hall–Kier alpha value is -0.520. The average molecular weight is 374 g/mol. The Morgan fingerprint density at radius 3 is 2.63 bits per heavy atom. The molecule has 1 aliphatic heterocycles. The van der Waals surface area contributed by atoms with E-state index in [2.05, 4.69) is 4.90 Å². The molecule has 2 nitrogen and oxygen atoms in total. The molecule has 1 unspecified atom stereocenters. The fourth-order valence-electron chi connectivity index (χ4n) is 3.72. The predicted octanol–water partition coefficient (Wildman–Crippen LogP) is 4.17. The van der Waals surface area contributed by atoms with Crippen molar-refractivity contribution in [2.24, 2.45) is 5.92 Å². The van der Waals surface area contributed by atoms with E-state index >= 15 is 0 Å². The summed E-state index contributed by atoms with van der Waals surface area (Å²) in [5.74, 6) is 0.631. The number of nitrogens with zero attached hydrogens (tertiary/aromatic N) is 1. The molecular formula is C15H20FIN2. The zero-order chi connectivity index (χ0) is 13.4. The van der Waals surface area contributed by atoms with Crippen molar-refractivity contribution in [3.8, 4) is 0 Å². The van der Waals surface area contributed by atoms with Crippen molar-refractivity contribution in [2.75, 3.05) is 17.2 Å². The first-order chi connectivity index (χ1) is 9.16. The van der Waals surface area contributed by atoms with Crippen LogP contribution in [0.15, 0.2) is 12.1 Å². The maximum absolute atomic E-state index is 13.8. The Bertz CT molecular complexity index is 471. The molecule has 1 heterocycles. The Morgan fingerprint density at radius 2 is 1.89 bits per heavy atom. The number of nitrogen functional groups attached to an aromatic ring is 1. The van der Waals surface area contributed by atoms with Gasteiger partial charge in [-0.3, -0.25) is 0 Å².